The van der Waals surface area contributed by atoms with Crippen LogP contribution in [-0.4, -0.2) is 14.8 Å². The van der Waals surface area contributed by atoms with Crippen LogP contribution in [-0.2, 0) is 6.18 Å². The summed E-state index contributed by atoms with van der Waals surface area (Å²) >= 11 is 4.30. The zero-order chi connectivity index (χ0) is 15.4. The highest BCUT2D eigenvalue weighted by atomic mass is 79.9. The normalized spacial score (nSPS) is 12.3. The first-order valence-corrected chi connectivity index (χ1v) is 7.57. The fourth-order valence-electron chi connectivity index (χ4n) is 2.11. The van der Waals surface area contributed by atoms with Gasteiger partial charge in [0.1, 0.15) is 0 Å². The van der Waals surface area contributed by atoms with Gasteiger partial charge in [0.15, 0.2) is 0 Å². The van der Waals surface area contributed by atoms with Crippen molar-refractivity contribution in [3.63, 3.8) is 0 Å². The molecule has 3 aromatic rings. The van der Waals surface area contributed by atoms with Crippen molar-refractivity contribution in [2.45, 2.75) is 20.0 Å². The van der Waals surface area contributed by atoms with Crippen molar-refractivity contribution in [2.24, 2.45) is 0 Å². The highest BCUT2D eigenvalue weighted by Gasteiger charge is 2.34. The third-order valence-corrected chi connectivity index (χ3v) is 4.38. The van der Waals surface area contributed by atoms with Crippen LogP contribution < -0.4 is 0 Å². The Labute approximate surface area is 130 Å². The first-order chi connectivity index (χ1) is 9.75. The summed E-state index contributed by atoms with van der Waals surface area (Å²) in [6, 6.07) is 4.54. The molecule has 0 saturated carbocycles. The lowest BCUT2D eigenvalue weighted by atomic mass is 10.2. The van der Waals surface area contributed by atoms with Crippen LogP contribution in [0.5, 0.6) is 0 Å². The van der Waals surface area contributed by atoms with E-state index in [1.807, 2.05) is 19.9 Å². The van der Waals surface area contributed by atoms with E-state index in [0.29, 0.717) is 14.3 Å². The van der Waals surface area contributed by atoms with Crippen molar-refractivity contribution in [3.05, 3.63) is 39.6 Å². The first kappa shape index (κ1) is 14.5. The van der Waals surface area contributed by atoms with Gasteiger partial charge in [0.05, 0.1) is 21.5 Å². The lowest BCUT2D eigenvalue weighted by Gasteiger charge is -2.07. The van der Waals surface area contributed by atoms with E-state index in [1.165, 1.54) is 11.3 Å². The summed E-state index contributed by atoms with van der Waals surface area (Å²) in [5.74, 6) is 0. The summed E-state index contributed by atoms with van der Waals surface area (Å²) in [6.45, 7) is 3.67. The Bertz CT molecular complexity index is 835. The molecule has 0 N–H and O–H groups in total. The Kier molecular flexibility index (Phi) is 3.32. The summed E-state index contributed by atoms with van der Waals surface area (Å²) in [4.78, 5) is 4.14. The second-order valence-electron chi connectivity index (χ2n) is 4.63. The maximum Gasteiger partial charge on any atom is 0.418 e. The predicted octanol–water partition coefficient (Wildman–Crippen LogP) is 4.88. The van der Waals surface area contributed by atoms with Crippen molar-refractivity contribution in [3.8, 4) is 5.13 Å². The maximum absolute atomic E-state index is 13.1. The molecule has 8 heteroatoms. The summed E-state index contributed by atoms with van der Waals surface area (Å²) in [7, 11) is 0. The molecule has 0 aliphatic heterocycles. The zero-order valence-electron chi connectivity index (χ0n) is 11.0. The Morgan fingerprint density at radius 1 is 1.19 bits per heavy atom. The Morgan fingerprint density at radius 2 is 1.90 bits per heavy atom. The molecule has 3 nitrogen and oxygen atoms in total. The average Bonchev–Trinajstić information content (AvgIpc) is 2.89. The van der Waals surface area contributed by atoms with E-state index in [1.54, 1.807) is 10.7 Å². The fraction of sp³-hybridized carbons (Fsp3) is 0.231. The Hall–Kier alpha value is -1.41. The molecule has 21 heavy (non-hydrogen) atoms. The number of nitrogens with zero attached hydrogens (tertiary/aromatic N) is 3. The highest BCUT2D eigenvalue weighted by Crippen LogP contribution is 2.39. The standard InChI is InChI=1S/C13H9BrF3N3S/c1-6-3-7(2)20(19-6)12-18-11-9(13(15,16)17)4-8(14)5-10(11)21-12/h3-5H,1-2H3. The molecule has 0 saturated heterocycles. The van der Waals surface area contributed by atoms with E-state index in [9.17, 15) is 13.2 Å². The third kappa shape index (κ3) is 2.57. The monoisotopic (exact) mass is 375 g/mol. The minimum atomic E-state index is -4.44. The van der Waals surface area contributed by atoms with E-state index in [2.05, 4.69) is 26.0 Å². The SMILES string of the molecule is Cc1cc(C)n(-c2nc3c(C(F)(F)F)cc(Br)cc3s2)n1. The van der Waals surface area contributed by atoms with E-state index in [0.717, 1.165) is 17.5 Å². The minimum absolute atomic E-state index is 0.0433. The third-order valence-electron chi connectivity index (χ3n) is 2.94. The molecular weight excluding hydrogens is 367 g/mol. The molecule has 0 aliphatic carbocycles. The number of fused-ring (bicyclic) bond motifs is 1. The molecule has 1 aromatic carbocycles. The van der Waals surface area contributed by atoms with Gasteiger partial charge in [-0.05, 0) is 32.0 Å². The van der Waals surface area contributed by atoms with Crippen LogP contribution in [0.2, 0.25) is 0 Å². The molecule has 0 atom stereocenters. The van der Waals surface area contributed by atoms with Crippen LogP contribution in [0.1, 0.15) is 17.0 Å². The van der Waals surface area contributed by atoms with Crippen molar-refractivity contribution < 1.29 is 13.2 Å². The van der Waals surface area contributed by atoms with Gasteiger partial charge in [-0.25, -0.2) is 9.67 Å². The molecule has 3 rings (SSSR count). The molecule has 2 aromatic heterocycles. The van der Waals surface area contributed by atoms with Gasteiger partial charge in [-0.3, -0.25) is 0 Å². The van der Waals surface area contributed by atoms with Gasteiger partial charge in [0.25, 0.3) is 0 Å². The van der Waals surface area contributed by atoms with Gasteiger partial charge in [0.2, 0.25) is 5.13 Å². The molecule has 2 heterocycles. The number of hydrogen-bond acceptors (Lipinski definition) is 3. The minimum Gasteiger partial charge on any atom is -0.218 e. The van der Waals surface area contributed by atoms with Gasteiger partial charge in [0, 0.05) is 10.2 Å². The second-order valence-corrected chi connectivity index (χ2v) is 6.56. The zero-order valence-corrected chi connectivity index (χ0v) is 13.4. The second kappa shape index (κ2) is 4.81. The van der Waals surface area contributed by atoms with Crippen LogP contribution in [0.15, 0.2) is 22.7 Å². The Morgan fingerprint density at radius 3 is 2.48 bits per heavy atom. The lowest BCUT2D eigenvalue weighted by Crippen LogP contribution is -2.06. The van der Waals surface area contributed by atoms with E-state index in [-0.39, 0.29) is 5.52 Å². The largest absolute Gasteiger partial charge is 0.418 e. The quantitative estimate of drug-likeness (QED) is 0.606. The van der Waals surface area contributed by atoms with Gasteiger partial charge in [-0.1, -0.05) is 27.3 Å². The van der Waals surface area contributed by atoms with Crippen molar-refractivity contribution >= 4 is 37.5 Å². The van der Waals surface area contributed by atoms with Crippen LogP contribution in [0.3, 0.4) is 0 Å². The van der Waals surface area contributed by atoms with Crippen LogP contribution in [0.25, 0.3) is 15.3 Å². The van der Waals surface area contributed by atoms with Crippen molar-refractivity contribution in [2.75, 3.05) is 0 Å². The number of hydrogen-bond donors (Lipinski definition) is 0. The number of rotatable bonds is 1. The molecule has 0 radical (unpaired) electrons. The average molecular weight is 376 g/mol. The molecule has 0 unspecified atom stereocenters. The smallest absolute Gasteiger partial charge is 0.218 e. The molecule has 0 bridgehead atoms. The number of aryl methyl sites for hydroxylation is 2. The predicted molar refractivity (Wildman–Crippen MR) is 78.9 cm³/mol. The maximum atomic E-state index is 13.1. The molecule has 110 valence electrons. The fourth-order valence-corrected chi connectivity index (χ4v) is 3.77. The molecule has 0 aliphatic rings. The highest BCUT2D eigenvalue weighted by molar-refractivity contribution is 9.10. The van der Waals surface area contributed by atoms with Crippen molar-refractivity contribution in [1.29, 1.82) is 0 Å². The Balaban J connectivity index is 2.27. The number of aromatic nitrogens is 3. The summed E-state index contributed by atoms with van der Waals surface area (Å²) < 4.78 is 41.8. The molecular formula is C13H9BrF3N3S. The number of thiazole rings is 1. The molecule has 0 spiro atoms. The topological polar surface area (TPSA) is 30.7 Å². The van der Waals surface area contributed by atoms with Crippen LogP contribution in [0.4, 0.5) is 13.2 Å². The van der Waals surface area contributed by atoms with Gasteiger partial charge >= 0.3 is 6.18 Å². The van der Waals surface area contributed by atoms with Gasteiger partial charge in [-0.15, -0.1) is 0 Å². The summed E-state index contributed by atoms with van der Waals surface area (Å²) in [5, 5.41) is 4.69. The van der Waals surface area contributed by atoms with E-state index < -0.39 is 11.7 Å². The number of halogens is 4. The van der Waals surface area contributed by atoms with Crippen LogP contribution >= 0.6 is 27.3 Å². The van der Waals surface area contributed by atoms with E-state index >= 15 is 0 Å². The van der Waals surface area contributed by atoms with E-state index in [4.69, 9.17) is 0 Å². The van der Waals surface area contributed by atoms with Crippen LogP contribution in [0, 0.1) is 13.8 Å². The van der Waals surface area contributed by atoms with Crippen molar-refractivity contribution in [1.82, 2.24) is 14.8 Å². The molecule has 0 amide bonds. The number of alkyl halides is 3. The van der Waals surface area contributed by atoms with Gasteiger partial charge in [-0.2, -0.15) is 18.3 Å². The summed E-state index contributed by atoms with van der Waals surface area (Å²) in [5.41, 5.74) is 0.845. The lowest BCUT2D eigenvalue weighted by molar-refractivity contribution is -0.136. The summed E-state index contributed by atoms with van der Waals surface area (Å²) in [6.07, 6.45) is -4.44. The first-order valence-electron chi connectivity index (χ1n) is 5.96. The van der Waals surface area contributed by atoms with Gasteiger partial charge < -0.3 is 0 Å². The number of benzene rings is 1. The molecule has 0 fully saturated rings.